The molecular formula is C19H23BrN2O2. The average molecular weight is 391 g/mol. The number of nitrogens with zero attached hydrogens (tertiary/aromatic N) is 1. The minimum atomic E-state index is 0.301. The number of nitrogens with one attached hydrogen (secondary N) is 1. The van der Waals surface area contributed by atoms with Crippen molar-refractivity contribution in [1.29, 1.82) is 0 Å². The largest absolute Gasteiger partial charge is 0.460 e. The van der Waals surface area contributed by atoms with Crippen LogP contribution in [0.25, 0.3) is 11.3 Å². The van der Waals surface area contributed by atoms with Crippen LogP contribution < -0.4 is 5.32 Å². The maximum Gasteiger partial charge on any atom is 0.222 e. The minimum Gasteiger partial charge on any atom is -0.460 e. The Kier molecular flexibility index (Phi) is 5.74. The number of likely N-dealkylation sites (tertiary alicyclic amines) is 1. The third kappa shape index (κ3) is 4.28. The lowest BCUT2D eigenvalue weighted by molar-refractivity contribution is -0.127. The molecule has 0 unspecified atom stereocenters. The molecule has 1 aromatic carbocycles. The van der Waals surface area contributed by atoms with Crippen molar-refractivity contribution in [3.63, 3.8) is 0 Å². The molecule has 1 fully saturated rings. The van der Waals surface area contributed by atoms with Crippen LogP contribution in [0.2, 0.25) is 0 Å². The molecule has 1 aliphatic rings. The molecule has 0 aliphatic carbocycles. The first-order valence-electron chi connectivity index (χ1n) is 8.47. The Balaban J connectivity index is 1.45. The molecule has 24 heavy (non-hydrogen) atoms. The molecule has 0 spiro atoms. The van der Waals surface area contributed by atoms with Gasteiger partial charge in [0.2, 0.25) is 5.91 Å². The quantitative estimate of drug-likeness (QED) is 0.723. The van der Waals surface area contributed by atoms with Crippen molar-refractivity contribution in [2.45, 2.75) is 32.7 Å². The summed E-state index contributed by atoms with van der Waals surface area (Å²) in [6, 6.07) is 10.2. The number of amides is 1. The molecule has 1 aliphatic heterocycles. The Labute approximate surface area is 151 Å². The number of carbonyl (C=O) groups excluding carboxylic acids is 1. The minimum absolute atomic E-state index is 0.301. The van der Waals surface area contributed by atoms with Crippen LogP contribution in [0, 0.1) is 6.92 Å². The van der Waals surface area contributed by atoms with Crippen molar-refractivity contribution in [3.05, 3.63) is 46.1 Å². The predicted molar refractivity (Wildman–Crippen MR) is 98.7 cm³/mol. The smallest absolute Gasteiger partial charge is 0.222 e. The van der Waals surface area contributed by atoms with Crippen molar-refractivity contribution < 1.29 is 9.21 Å². The molecule has 1 N–H and O–H groups in total. The molecule has 0 radical (unpaired) electrons. The highest BCUT2D eigenvalue weighted by Crippen LogP contribution is 2.27. The fraction of sp³-hybridized carbons (Fsp3) is 0.421. The second-order valence-corrected chi connectivity index (χ2v) is 7.16. The molecule has 128 valence electrons. The van der Waals surface area contributed by atoms with Crippen molar-refractivity contribution in [3.8, 4) is 11.3 Å². The van der Waals surface area contributed by atoms with Gasteiger partial charge in [0.15, 0.2) is 0 Å². The highest BCUT2D eigenvalue weighted by molar-refractivity contribution is 9.10. The number of hydrogen-bond donors (Lipinski definition) is 1. The van der Waals surface area contributed by atoms with Gasteiger partial charge in [-0.25, -0.2) is 0 Å². The van der Waals surface area contributed by atoms with E-state index in [2.05, 4.69) is 40.3 Å². The first-order chi connectivity index (χ1) is 11.6. The number of aryl methyl sites for hydroxylation is 1. The zero-order valence-corrected chi connectivity index (χ0v) is 15.6. The third-order valence-electron chi connectivity index (χ3n) is 4.37. The summed E-state index contributed by atoms with van der Waals surface area (Å²) < 4.78 is 7.02. The van der Waals surface area contributed by atoms with E-state index in [1.807, 2.05) is 23.1 Å². The Morgan fingerprint density at radius 2 is 2.17 bits per heavy atom. The normalized spacial score (nSPS) is 14.6. The van der Waals surface area contributed by atoms with E-state index in [0.717, 1.165) is 60.5 Å². The Morgan fingerprint density at radius 3 is 2.92 bits per heavy atom. The van der Waals surface area contributed by atoms with E-state index < -0.39 is 0 Å². The number of carbonyl (C=O) groups is 1. The first-order valence-corrected chi connectivity index (χ1v) is 9.26. The van der Waals surface area contributed by atoms with Crippen molar-refractivity contribution in [2.24, 2.45) is 0 Å². The number of halogens is 1. The van der Waals surface area contributed by atoms with Gasteiger partial charge in [0, 0.05) is 29.5 Å². The molecule has 2 heterocycles. The van der Waals surface area contributed by atoms with Gasteiger partial charge in [0.05, 0.1) is 6.54 Å². The first kappa shape index (κ1) is 17.2. The van der Waals surface area contributed by atoms with Gasteiger partial charge in [-0.3, -0.25) is 4.79 Å². The molecule has 1 amide bonds. The van der Waals surface area contributed by atoms with Crippen LogP contribution in [0.15, 0.2) is 39.2 Å². The number of furan rings is 1. The summed E-state index contributed by atoms with van der Waals surface area (Å²) in [6.45, 7) is 5.46. The van der Waals surface area contributed by atoms with Crippen LogP contribution in [0.3, 0.4) is 0 Å². The summed E-state index contributed by atoms with van der Waals surface area (Å²) in [5, 5.41) is 3.39. The molecule has 0 bridgehead atoms. The van der Waals surface area contributed by atoms with Crippen LogP contribution in [-0.4, -0.2) is 30.4 Å². The number of benzene rings is 1. The van der Waals surface area contributed by atoms with Gasteiger partial charge in [0.1, 0.15) is 11.5 Å². The highest BCUT2D eigenvalue weighted by Gasteiger charge is 2.18. The molecule has 1 saturated heterocycles. The topological polar surface area (TPSA) is 45.5 Å². The number of hydrogen-bond acceptors (Lipinski definition) is 3. The van der Waals surface area contributed by atoms with Crippen molar-refractivity contribution >= 4 is 21.8 Å². The summed E-state index contributed by atoms with van der Waals surface area (Å²) in [6.07, 6.45) is 2.71. The molecule has 3 rings (SSSR count). The van der Waals surface area contributed by atoms with Gasteiger partial charge in [0.25, 0.3) is 0 Å². The molecule has 1 aromatic heterocycles. The van der Waals surface area contributed by atoms with E-state index in [1.165, 1.54) is 5.56 Å². The average Bonchev–Trinajstić information content (AvgIpc) is 3.17. The van der Waals surface area contributed by atoms with Crippen molar-refractivity contribution in [2.75, 3.05) is 19.6 Å². The second kappa shape index (κ2) is 7.99. The van der Waals surface area contributed by atoms with E-state index in [-0.39, 0.29) is 0 Å². The van der Waals surface area contributed by atoms with Crippen LogP contribution in [0.1, 0.15) is 30.6 Å². The van der Waals surface area contributed by atoms with E-state index in [9.17, 15) is 4.79 Å². The van der Waals surface area contributed by atoms with Gasteiger partial charge in [-0.05, 0) is 62.2 Å². The Hall–Kier alpha value is -1.59. The maximum absolute atomic E-state index is 11.5. The Morgan fingerprint density at radius 1 is 1.29 bits per heavy atom. The lowest BCUT2D eigenvalue weighted by Crippen LogP contribution is -2.28. The maximum atomic E-state index is 11.5. The summed E-state index contributed by atoms with van der Waals surface area (Å²) in [7, 11) is 0. The van der Waals surface area contributed by atoms with Gasteiger partial charge >= 0.3 is 0 Å². The predicted octanol–water partition coefficient (Wildman–Crippen LogP) is 4.12. The van der Waals surface area contributed by atoms with Crippen LogP contribution in [-0.2, 0) is 11.3 Å². The molecular weight excluding hydrogens is 368 g/mol. The van der Waals surface area contributed by atoms with Gasteiger partial charge in [-0.1, -0.05) is 15.9 Å². The van der Waals surface area contributed by atoms with Crippen LogP contribution in [0.5, 0.6) is 0 Å². The Bertz CT molecular complexity index is 711. The van der Waals surface area contributed by atoms with E-state index in [4.69, 9.17) is 4.42 Å². The van der Waals surface area contributed by atoms with Gasteiger partial charge in [-0.15, -0.1) is 0 Å². The van der Waals surface area contributed by atoms with E-state index >= 15 is 0 Å². The van der Waals surface area contributed by atoms with Gasteiger partial charge in [-0.2, -0.15) is 0 Å². The summed E-state index contributed by atoms with van der Waals surface area (Å²) in [5.41, 5.74) is 2.31. The van der Waals surface area contributed by atoms with Crippen molar-refractivity contribution in [1.82, 2.24) is 10.2 Å². The fourth-order valence-electron chi connectivity index (χ4n) is 3.07. The molecule has 0 saturated carbocycles. The monoisotopic (exact) mass is 390 g/mol. The summed E-state index contributed by atoms with van der Waals surface area (Å²) >= 11 is 3.49. The van der Waals surface area contributed by atoms with Gasteiger partial charge < -0.3 is 14.6 Å². The van der Waals surface area contributed by atoms with E-state index in [1.54, 1.807) is 0 Å². The molecule has 5 heteroatoms. The SMILES string of the molecule is Cc1cc(Br)ccc1-c1ccc(CNCCCN2CCCC2=O)o1. The molecule has 2 aromatic rings. The highest BCUT2D eigenvalue weighted by atomic mass is 79.9. The zero-order valence-electron chi connectivity index (χ0n) is 14.0. The third-order valence-corrected chi connectivity index (χ3v) is 4.86. The molecule has 0 atom stereocenters. The lowest BCUT2D eigenvalue weighted by atomic mass is 10.1. The second-order valence-electron chi connectivity index (χ2n) is 6.24. The lowest BCUT2D eigenvalue weighted by Gasteiger charge is -2.15. The zero-order chi connectivity index (χ0) is 16.9. The van der Waals surface area contributed by atoms with Crippen LogP contribution in [0.4, 0.5) is 0 Å². The number of rotatable bonds is 7. The fourth-order valence-corrected chi connectivity index (χ4v) is 3.54. The summed E-state index contributed by atoms with van der Waals surface area (Å²) in [5.74, 6) is 2.14. The standard InChI is InChI=1S/C19H23BrN2O2/c1-14-12-15(20)5-7-17(14)18-8-6-16(24-18)13-21-9-3-11-22-10-2-4-19(22)23/h5-8,12,21H,2-4,9-11,13H2,1H3. The summed E-state index contributed by atoms with van der Waals surface area (Å²) in [4.78, 5) is 13.5. The molecule has 4 nitrogen and oxygen atoms in total. The van der Waals surface area contributed by atoms with Crippen LogP contribution >= 0.6 is 15.9 Å². The van der Waals surface area contributed by atoms with E-state index in [0.29, 0.717) is 12.5 Å².